The van der Waals surface area contributed by atoms with Crippen molar-refractivity contribution >= 4 is 33.3 Å². The number of halogens is 2. The number of fused-ring (bicyclic) bond motifs is 1. The smallest absolute Gasteiger partial charge is 0.225 e. The Morgan fingerprint density at radius 2 is 1.90 bits per heavy atom. The van der Waals surface area contributed by atoms with Gasteiger partial charge >= 0.3 is 0 Å². The number of aromatic nitrogens is 4. The van der Waals surface area contributed by atoms with Crippen LogP contribution in [-0.2, 0) is 6.54 Å². The Labute approximate surface area is 234 Å². The van der Waals surface area contributed by atoms with E-state index < -0.39 is 29.9 Å². The second-order valence-corrected chi connectivity index (χ2v) is 10.9. The van der Waals surface area contributed by atoms with E-state index >= 15 is 0 Å². The molecule has 1 aliphatic carbocycles. The van der Waals surface area contributed by atoms with Gasteiger partial charge in [-0.15, -0.1) is 11.3 Å². The first-order chi connectivity index (χ1) is 19.3. The number of nitrogens with zero attached hydrogens (tertiary/aromatic N) is 5. The number of nitriles is 1. The molecule has 0 unspecified atom stereocenters. The van der Waals surface area contributed by atoms with Gasteiger partial charge in [0, 0.05) is 36.6 Å². The quantitative estimate of drug-likeness (QED) is 0.179. The van der Waals surface area contributed by atoms with Gasteiger partial charge in [-0.05, 0) is 44.4 Å². The van der Waals surface area contributed by atoms with Gasteiger partial charge in [0.1, 0.15) is 34.1 Å². The van der Waals surface area contributed by atoms with Crippen LogP contribution in [0.1, 0.15) is 55.5 Å². The van der Waals surface area contributed by atoms with Crippen molar-refractivity contribution in [3.8, 4) is 16.6 Å². The SMILES string of the molecule is CC[C@H](CC#N)[C@@H](O)[C@@H](O)Nc1nc(NCc2c(F)cccc2F)nc(C)c1-c1nc2c(C3CC3)nccc2s1. The molecule has 208 valence electrons. The predicted octanol–water partition coefficient (Wildman–Crippen LogP) is 5.26. The summed E-state index contributed by atoms with van der Waals surface area (Å²) in [6.45, 7) is 3.37. The molecule has 3 heterocycles. The molecular weight excluding hydrogens is 536 g/mol. The minimum Gasteiger partial charge on any atom is -0.388 e. The number of anilines is 2. The van der Waals surface area contributed by atoms with Gasteiger partial charge in [0.25, 0.3) is 0 Å². The molecule has 12 heteroatoms. The Morgan fingerprint density at radius 1 is 1.15 bits per heavy atom. The molecule has 9 nitrogen and oxygen atoms in total. The minimum absolute atomic E-state index is 0.0682. The summed E-state index contributed by atoms with van der Waals surface area (Å²) >= 11 is 1.43. The molecule has 1 aliphatic rings. The van der Waals surface area contributed by atoms with Crippen LogP contribution in [0, 0.1) is 35.8 Å². The highest BCUT2D eigenvalue weighted by Gasteiger charge is 2.30. The number of hydrogen-bond acceptors (Lipinski definition) is 10. The molecular formula is C28H29F2N7O2S. The van der Waals surface area contributed by atoms with Crippen LogP contribution in [0.4, 0.5) is 20.5 Å². The fourth-order valence-electron chi connectivity index (χ4n) is 4.63. The highest BCUT2D eigenvalue weighted by Crippen LogP contribution is 2.44. The molecule has 5 rings (SSSR count). The molecule has 4 N–H and O–H groups in total. The molecule has 4 aromatic rings. The molecule has 40 heavy (non-hydrogen) atoms. The maximum atomic E-state index is 14.2. The Morgan fingerprint density at radius 3 is 2.58 bits per heavy atom. The summed E-state index contributed by atoms with van der Waals surface area (Å²) < 4.78 is 29.3. The average molecular weight is 566 g/mol. The number of rotatable bonds is 11. The van der Waals surface area contributed by atoms with Crippen molar-refractivity contribution in [3.05, 3.63) is 59.0 Å². The van der Waals surface area contributed by atoms with Crippen molar-refractivity contribution in [2.75, 3.05) is 10.6 Å². The number of hydrogen-bond donors (Lipinski definition) is 4. The van der Waals surface area contributed by atoms with E-state index in [0.29, 0.717) is 28.6 Å². The minimum atomic E-state index is -1.46. The van der Waals surface area contributed by atoms with Crippen LogP contribution in [-0.4, -0.2) is 42.5 Å². The van der Waals surface area contributed by atoms with Crippen LogP contribution in [0.25, 0.3) is 20.8 Å². The Balaban J connectivity index is 1.53. The molecule has 0 bridgehead atoms. The molecule has 0 saturated heterocycles. The average Bonchev–Trinajstić information content (AvgIpc) is 3.68. The zero-order chi connectivity index (χ0) is 28.4. The molecule has 0 aliphatic heterocycles. The van der Waals surface area contributed by atoms with Gasteiger partial charge in [0.15, 0.2) is 6.23 Å². The van der Waals surface area contributed by atoms with Crippen LogP contribution in [0.3, 0.4) is 0 Å². The van der Waals surface area contributed by atoms with Crippen molar-refractivity contribution in [2.24, 2.45) is 5.92 Å². The van der Waals surface area contributed by atoms with Crippen LogP contribution in [0.5, 0.6) is 0 Å². The van der Waals surface area contributed by atoms with Crippen molar-refractivity contribution in [1.82, 2.24) is 19.9 Å². The molecule has 3 atom stereocenters. The van der Waals surface area contributed by atoms with E-state index in [0.717, 1.165) is 28.8 Å². The summed E-state index contributed by atoms with van der Waals surface area (Å²) in [6, 6.07) is 7.57. The molecule has 1 saturated carbocycles. The Kier molecular flexibility index (Phi) is 8.16. The summed E-state index contributed by atoms with van der Waals surface area (Å²) in [6.07, 6.45) is 1.76. The number of aliphatic hydroxyl groups excluding tert-OH is 2. The third kappa shape index (κ3) is 5.72. The third-order valence-corrected chi connectivity index (χ3v) is 8.10. The topological polar surface area (TPSA) is 140 Å². The summed E-state index contributed by atoms with van der Waals surface area (Å²) in [7, 11) is 0. The van der Waals surface area contributed by atoms with E-state index in [1.165, 1.54) is 29.5 Å². The second-order valence-electron chi connectivity index (χ2n) is 9.86. The van der Waals surface area contributed by atoms with E-state index in [1.807, 2.05) is 19.1 Å². The first-order valence-electron chi connectivity index (χ1n) is 13.1. The van der Waals surface area contributed by atoms with Gasteiger partial charge in [-0.1, -0.05) is 13.0 Å². The third-order valence-electron chi connectivity index (χ3n) is 7.06. The number of aliphatic hydroxyl groups is 2. The van der Waals surface area contributed by atoms with Crippen LogP contribution in [0.2, 0.25) is 0 Å². The van der Waals surface area contributed by atoms with Crippen molar-refractivity contribution in [1.29, 1.82) is 5.26 Å². The zero-order valence-electron chi connectivity index (χ0n) is 22.0. The van der Waals surface area contributed by atoms with E-state index in [2.05, 4.69) is 25.6 Å². The summed E-state index contributed by atoms with van der Waals surface area (Å²) in [5.74, 6) is -1.22. The zero-order valence-corrected chi connectivity index (χ0v) is 22.8. The van der Waals surface area contributed by atoms with Crippen molar-refractivity contribution in [2.45, 2.75) is 64.3 Å². The number of aryl methyl sites for hydroxylation is 1. The van der Waals surface area contributed by atoms with Gasteiger partial charge in [0.05, 0.1) is 27.7 Å². The molecule has 1 fully saturated rings. The fourth-order valence-corrected chi connectivity index (χ4v) is 5.69. The molecule has 0 spiro atoms. The van der Waals surface area contributed by atoms with E-state index in [-0.39, 0.29) is 30.3 Å². The number of benzene rings is 1. The second kappa shape index (κ2) is 11.8. The fraction of sp³-hybridized carbons (Fsp3) is 0.393. The van der Waals surface area contributed by atoms with Crippen molar-refractivity contribution < 1.29 is 19.0 Å². The normalized spacial score (nSPS) is 15.4. The molecule has 0 amide bonds. The lowest BCUT2D eigenvalue weighted by Gasteiger charge is -2.26. The maximum absolute atomic E-state index is 14.2. The largest absolute Gasteiger partial charge is 0.388 e. The summed E-state index contributed by atoms with van der Waals surface area (Å²) in [4.78, 5) is 18.4. The highest BCUT2D eigenvalue weighted by atomic mass is 32.1. The van der Waals surface area contributed by atoms with Crippen molar-refractivity contribution in [3.63, 3.8) is 0 Å². The Bertz CT molecular complexity index is 1550. The molecule has 1 aromatic carbocycles. The maximum Gasteiger partial charge on any atom is 0.225 e. The molecule has 0 radical (unpaired) electrons. The van der Waals surface area contributed by atoms with Gasteiger partial charge in [-0.2, -0.15) is 10.2 Å². The number of nitrogens with one attached hydrogen (secondary N) is 2. The van der Waals surface area contributed by atoms with Gasteiger partial charge in [0.2, 0.25) is 5.95 Å². The summed E-state index contributed by atoms with van der Waals surface area (Å²) in [5.41, 5.74) is 2.63. The van der Waals surface area contributed by atoms with Gasteiger partial charge in [-0.3, -0.25) is 4.98 Å². The monoisotopic (exact) mass is 565 g/mol. The standard InChI is InChI=1S/C28H29F2N7O2S/c1-3-15(9-11-31)24(38)26(39)36-25-21(27-35-23-20(40-27)10-12-32-22(23)16-7-8-16)14(2)34-28(37-25)33-13-17-18(29)5-4-6-19(17)30/h4-6,10,12,15-16,24,26,38-39H,3,7-9,13H2,1-2H3,(H2,33,34,36,37)/t15-,24-,26-/m1/s1. The van der Waals surface area contributed by atoms with Crippen LogP contribution in [0.15, 0.2) is 30.5 Å². The van der Waals surface area contributed by atoms with Crippen LogP contribution >= 0.6 is 11.3 Å². The molecule has 3 aromatic heterocycles. The van der Waals surface area contributed by atoms with Crippen LogP contribution < -0.4 is 10.6 Å². The highest BCUT2D eigenvalue weighted by molar-refractivity contribution is 7.21. The predicted molar refractivity (Wildman–Crippen MR) is 148 cm³/mol. The first-order valence-corrected chi connectivity index (χ1v) is 13.9. The number of pyridine rings is 1. The van der Waals surface area contributed by atoms with E-state index in [4.69, 9.17) is 10.2 Å². The lowest BCUT2D eigenvalue weighted by Crippen LogP contribution is -2.39. The first kappa shape index (κ1) is 27.8. The van der Waals surface area contributed by atoms with E-state index in [9.17, 15) is 19.0 Å². The lowest BCUT2D eigenvalue weighted by atomic mass is 9.95. The lowest BCUT2D eigenvalue weighted by molar-refractivity contribution is -0.00232. The summed E-state index contributed by atoms with van der Waals surface area (Å²) in [5, 5.41) is 37.2. The Hall–Kier alpha value is -3.79. The van der Waals surface area contributed by atoms with E-state index in [1.54, 1.807) is 13.1 Å². The van der Waals surface area contributed by atoms with Gasteiger partial charge < -0.3 is 20.8 Å². The van der Waals surface area contributed by atoms with Gasteiger partial charge in [-0.25, -0.2) is 18.7 Å². The number of thiazole rings is 1.